The number of rotatable bonds is 3. The van der Waals surface area contributed by atoms with Crippen molar-refractivity contribution >= 4 is 16.1 Å². The molecule has 2 saturated heterocycles. The number of piperazine rings is 1. The lowest BCUT2D eigenvalue weighted by molar-refractivity contribution is -0.133. The summed E-state index contributed by atoms with van der Waals surface area (Å²) in [6.45, 7) is 3.29. The number of amides is 1. The van der Waals surface area contributed by atoms with Crippen LogP contribution in [0.1, 0.15) is 6.42 Å². The van der Waals surface area contributed by atoms with Crippen molar-refractivity contribution in [3.63, 3.8) is 0 Å². The van der Waals surface area contributed by atoms with Gasteiger partial charge in [-0.1, -0.05) is 0 Å². The van der Waals surface area contributed by atoms with Gasteiger partial charge in [-0.05, 0) is 0 Å². The van der Waals surface area contributed by atoms with Crippen molar-refractivity contribution in [3.8, 4) is 0 Å². The highest BCUT2D eigenvalue weighted by atomic mass is 32.2. The van der Waals surface area contributed by atoms with Crippen molar-refractivity contribution in [2.45, 2.75) is 12.5 Å². The van der Waals surface area contributed by atoms with Gasteiger partial charge in [0.1, 0.15) is 0 Å². The number of ether oxygens (including phenoxy) is 1. The summed E-state index contributed by atoms with van der Waals surface area (Å²) < 4.78 is 28.8. The van der Waals surface area contributed by atoms with E-state index in [0.717, 1.165) is 6.54 Å². The van der Waals surface area contributed by atoms with Crippen molar-refractivity contribution < 1.29 is 17.9 Å². The first-order valence-corrected chi connectivity index (χ1v) is 7.84. The van der Waals surface area contributed by atoms with Crippen LogP contribution in [-0.4, -0.2) is 75.5 Å². The second kappa shape index (κ2) is 6.14. The van der Waals surface area contributed by atoms with Gasteiger partial charge in [0.05, 0.1) is 13.2 Å². The fraction of sp³-hybridized carbons (Fsp3) is 0.900. The molecule has 2 aliphatic heterocycles. The van der Waals surface area contributed by atoms with Gasteiger partial charge in [0.15, 0.2) is 0 Å². The first-order valence-electron chi connectivity index (χ1n) is 6.33. The molecule has 0 aliphatic carbocycles. The predicted octanol–water partition coefficient (Wildman–Crippen LogP) is -2.29. The molecule has 0 radical (unpaired) electrons. The lowest BCUT2D eigenvalue weighted by atomic mass is 10.1. The Morgan fingerprint density at radius 2 is 2.00 bits per heavy atom. The number of nitrogens with two attached hydrogens (primary N) is 1. The Morgan fingerprint density at radius 3 is 2.53 bits per heavy atom. The molecule has 19 heavy (non-hydrogen) atoms. The lowest BCUT2D eigenvalue weighted by Crippen LogP contribution is -2.53. The molecule has 1 atom stereocenters. The fourth-order valence-corrected chi connectivity index (χ4v) is 2.95. The van der Waals surface area contributed by atoms with Crippen LogP contribution < -0.4 is 10.5 Å². The van der Waals surface area contributed by atoms with Gasteiger partial charge in [-0.15, -0.1) is 0 Å². The molecule has 2 heterocycles. The zero-order valence-corrected chi connectivity index (χ0v) is 11.6. The predicted molar refractivity (Wildman–Crippen MR) is 68.5 cm³/mol. The number of morpholine rings is 1. The van der Waals surface area contributed by atoms with E-state index in [2.05, 4.69) is 5.32 Å². The van der Waals surface area contributed by atoms with Crippen molar-refractivity contribution in [2.24, 2.45) is 5.14 Å². The molecule has 0 aromatic rings. The largest absolute Gasteiger partial charge is 0.378 e. The quantitative estimate of drug-likeness (QED) is 0.609. The average Bonchev–Trinajstić information content (AvgIpc) is 2.39. The van der Waals surface area contributed by atoms with Crippen molar-refractivity contribution in [1.29, 1.82) is 0 Å². The molecule has 2 rings (SSSR count). The molecule has 8 nitrogen and oxygen atoms in total. The summed E-state index contributed by atoms with van der Waals surface area (Å²) in [6.07, 6.45) is 0.384. The minimum absolute atomic E-state index is 0.0251. The molecule has 9 heteroatoms. The Balaban J connectivity index is 1.79. The van der Waals surface area contributed by atoms with E-state index in [1.807, 2.05) is 0 Å². The van der Waals surface area contributed by atoms with E-state index >= 15 is 0 Å². The Bertz CT molecular complexity index is 413. The molecular formula is C10H20N4O4S. The summed E-state index contributed by atoms with van der Waals surface area (Å²) in [7, 11) is -3.64. The number of nitrogens with one attached hydrogen (secondary N) is 1. The molecule has 3 N–H and O–H groups in total. The van der Waals surface area contributed by atoms with Crippen LogP contribution in [0.15, 0.2) is 0 Å². The molecule has 110 valence electrons. The first kappa shape index (κ1) is 14.7. The van der Waals surface area contributed by atoms with Crippen LogP contribution in [0.5, 0.6) is 0 Å². The van der Waals surface area contributed by atoms with Crippen LogP contribution in [-0.2, 0) is 19.7 Å². The molecule has 0 aromatic heterocycles. The summed E-state index contributed by atoms with van der Waals surface area (Å²) in [6, 6.07) is 0.0533. The van der Waals surface area contributed by atoms with Crippen LogP contribution in [0, 0.1) is 0 Å². The Hall–Kier alpha value is -0.740. The highest BCUT2D eigenvalue weighted by molar-refractivity contribution is 7.86. The van der Waals surface area contributed by atoms with Gasteiger partial charge >= 0.3 is 0 Å². The van der Waals surface area contributed by atoms with E-state index in [4.69, 9.17) is 9.88 Å². The van der Waals surface area contributed by atoms with Gasteiger partial charge < -0.3 is 15.0 Å². The van der Waals surface area contributed by atoms with E-state index in [1.54, 1.807) is 4.90 Å². The van der Waals surface area contributed by atoms with Crippen LogP contribution >= 0.6 is 0 Å². The van der Waals surface area contributed by atoms with E-state index in [-0.39, 0.29) is 25.0 Å². The maximum absolute atomic E-state index is 12.1. The standard InChI is InChI=1S/C10H20N4O4S/c11-19(16,17)14-4-2-13(3-5-14)10(15)7-9-8-18-6-1-12-9/h9,12H,1-8H2,(H2,11,16,17). The van der Waals surface area contributed by atoms with Crippen LogP contribution in [0.4, 0.5) is 0 Å². The number of hydrogen-bond acceptors (Lipinski definition) is 5. The fourth-order valence-electron chi connectivity index (χ4n) is 2.28. The topological polar surface area (TPSA) is 105 Å². The zero-order valence-electron chi connectivity index (χ0n) is 10.7. The van der Waals surface area contributed by atoms with Crippen LogP contribution in [0.2, 0.25) is 0 Å². The maximum Gasteiger partial charge on any atom is 0.277 e. The van der Waals surface area contributed by atoms with Gasteiger partial charge in [-0.3, -0.25) is 4.79 Å². The minimum atomic E-state index is -3.64. The third-order valence-corrected chi connectivity index (χ3v) is 4.46. The zero-order chi connectivity index (χ0) is 13.9. The molecule has 2 aliphatic rings. The van der Waals surface area contributed by atoms with Crippen molar-refractivity contribution in [3.05, 3.63) is 0 Å². The summed E-state index contributed by atoms with van der Waals surface area (Å²) >= 11 is 0. The van der Waals surface area contributed by atoms with Gasteiger partial charge in [0.25, 0.3) is 10.2 Å². The molecule has 0 spiro atoms. The van der Waals surface area contributed by atoms with Crippen molar-refractivity contribution in [2.75, 3.05) is 45.9 Å². The second-order valence-electron chi connectivity index (χ2n) is 4.75. The second-order valence-corrected chi connectivity index (χ2v) is 6.30. The van der Waals surface area contributed by atoms with Crippen molar-refractivity contribution in [1.82, 2.24) is 14.5 Å². The summed E-state index contributed by atoms with van der Waals surface area (Å²) in [5.41, 5.74) is 0. The van der Waals surface area contributed by atoms with Gasteiger partial charge in [-0.2, -0.15) is 12.7 Å². The molecule has 1 unspecified atom stereocenters. The maximum atomic E-state index is 12.1. The average molecular weight is 292 g/mol. The van der Waals surface area contributed by atoms with Gasteiger partial charge in [0, 0.05) is 45.2 Å². The summed E-state index contributed by atoms with van der Waals surface area (Å²) in [4.78, 5) is 13.7. The Kier molecular flexibility index (Phi) is 4.74. The van der Waals surface area contributed by atoms with E-state index < -0.39 is 10.2 Å². The lowest BCUT2D eigenvalue weighted by Gasteiger charge is -2.34. The SMILES string of the molecule is NS(=O)(=O)N1CCN(C(=O)CC2COCCN2)CC1. The highest BCUT2D eigenvalue weighted by Crippen LogP contribution is 2.08. The Labute approximate surface area is 113 Å². The summed E-state index contributed by atoms with van der Waals surface area (Å²) in [5, 5.41) is 8.27. The van der Waals surface area contributed by atoms with Gasteiger partial charge in [-0.25, -0.2) is 5.14 Å². The highest BCUT2D eigenvalue weighted by Gasteiger charge is 2.27. The van der Waals surface area contributed by atoms with Gasteiger partial charge in [0.2, 0.25) is 5.91 Å². The smallest absolute Gasteiger partial charge is 0.277 e. The van der Waals surface area contributed by atoms with E-state index in [1.165, 1.54) is 4.31 Å². The third-order valence-electron chi connectivity index (χ3n) is 3.37. The molecule has 2 fully saturated rings. The number of hydrogen-bond donors (Lipinski definition) is 2. The van der Waals surface area contributed by atoms with Crippen LogP contribution in [0.3, 0.4) is 0 Å². The summed E-state index contributed by atoms with van der Waals surface area (Å²) in [5.74, 6) is 0.0251. The molecule has 0 bridgehead atoms. The molecule has 0 aromatic carbocycles. The van der Waals surface area contributed by atoms with Crippen LogP contribution in [0.25, 0.3) is 0 Å². The third kappa shape index (κ3) is 4.11. The van der Waals surface area contributed by atoms with E-state index in [9.17, 15) is 13.2 Å². The van der Waals surface area contributed by atoms with E-state index in [0.29, 0.717) is 32.7 Å². The normalized spacial score (nSPS) is 26.4. The number of carbonyl (C=O) groups excluding carboxylic acids is 1. The Morgan fingerprint density at radius 1 is 1.32 bits per heavy atom. The first-order chi connectivity index (χ1) is 8.97. The molecule has 0 saturated carbocycles. The molecule has 1 amide bonds. The molecular weight excluding hydrogens is 272 g/mol. The number of carbonyl (C=O) groups is 1. The monoisotopic (exact) mass is 292 g/mol. The number of nitrogens with zero attached hydrogens (tertiary/aromatic N) is 2. The minimum Gasteiger partial charge on any atom is -0.378 e.